The molecule has 5 nitrogen and oxygen atoms in total. The fourth-order valence-corrected chi connectivity index (χ4v) is 2.00. The first-order chi connectivity index (χ1) is 10.6. The van der Waals surface area contributed by atoms with Crippen LogP contribution in [0.3, 0.4) is 0 Å². The van der Waals surface area contributed by atoms with E-state index in [4.69, 9.17) is 15.2 Å². The number of rotatable bonds is 6. The largest absolute Gasteiger partial charge is 0.495 e. The van der Waals surface area contributed by atoms with Crippen molar-refractivity contribution in [3.63, 3.8) is 0 Å². The second-order valence-electron chi connectivity index (χ2n) is 4.92. The quantitative estimate of drug-likeness (QED) is 0.804. The first-order valence-corrected chi connectivity index (χ1v) is 7.01. The van der Waals surface area contributed by atoms with Crippen molar-refractivity contribution in [2.24, 2.45) is 0 Å². The lowest BCUT2D eigenvalue weighted by Crippen LogP contribution is -2.16. The number of hydrogen-bond donors (Lipinski definition) is 2. The molecule has 0 spiro atoms. The highest BCUT2D eigenvalue weighted by atomic mass is 16.5. The molecule has 2 aromatic rings. The lowest BCUT2D eigenvalue weighted by atomic mass is 10.2. The summed E-state index contributed by atoms with van der Waals surface area (Å²) in [5.74, 6) is 1.17. The molecule has 2 aromatic carbocycles. The van der Waals surface area contributed by atoms with Crippen molar-refractivity contribution in [1.82, 2.24) is 0 Å². The van der Waals surface area contributed by atoms with Gasteiger partial charge >= 0.3 is 0 Å². The predicted molar refractivity (Wildman–Crippen MR) is 87.3 cm³/mol. The third-order valence-electron chi connectivity index (χ3n) is 3.09. The maximum Gasteiger partial charge on any atom is 0.227 e. The Morgan fingerprint density at radius 3 is 2.77 bits per heavy atom. The van der Waals surface area contributed by atoms with Crippen LogP contribution in [-0.2, 0) is 4.79 Å². The van der Waals surface area contributed by atoms with Gasteiger partial charge in [0.05, 0.1) is 25.8 Å². The number of anilines is 2. The molecule has 0 atom stereocenters. The van der Waals surface area contributed by atoms with E-state index < -0.39 is 0 Å². The van der Waals surface area contributed by atoms with Gasteiger partial charge in [-0.3, -0.25) is 4.79 Å². The predicted octanol–water partition coefficient (Wildman–Crippen LogP) is 2.99. The summed E-state index contributed by atoms with van der Waals surface area (Å²) in [6.45, 7) is 2.30. The Labute approximate surface area is 130 Å². The van der Waals surface area contributed by atoms with Crippen LogP contribution >= 0.6 is 0 Å². The van der Waals surface area contributed by atoms with Gasteiger partial charge in [0.2, 0.25) is 5.91 Å². The standard InChI is InChI=1S/C17H20N2O3/c1-12-4-3-5-14(10-12)22-9-8-17(20)19-15-11-13(18)6-7-16(15)21-2/h3-7,10-11H,8-9,18H2,1-2H3,(H,19,20). The van der Waals surface area contributed by atoms with Crippen molar-refractivity contribution in [1.29, 1.82) is 0 Å². The van der Waals surface area contributed by atoms with Crippen molar-refractivity contribution in [3.8, 4) is 11.5 Å². The van der Waals surface area contributed by atoms with Gasteiger partial charge in [-0.15, -0.1) is 0 Å². The van der Waals surface area contributed by atoms with Gasteiger partial charge in [0.15, 0.2) is 0 Å². The number of aryl methyl sites for hydroxylation is 1. The number of amides is 1. The van der Waals surface area contributed by atoms with Crippen LogP contribution in [0.2, 0.25) is 0 Å². The van der Waals surface area contributed by atoms with Crippen LogP contribution < -0.4 is 20.5 Å². The summed E-state index contributed by atoms with van der Waals surface area (Å²) in [5, 5.41) is 2.78. The molecule has 116 valence electrons. The molecule has 0 heterocycles. The molecule has 0 aliphatic heterocycles. The minimum absolute atomic E-state index is 0.156. The highest BCUT2D eigenvalue weighted by Crippen LogP contribution is 2.26. The lowest BCUT2D eigenvalue weighted by Gasteiger charge is -2.11. The summed E-state index contributed by atoms with van der Waals surface area (Å²) in [6, 6.07) is 12.8. The molecule has 0 saturated heterocycles. The van der Waals surface area contributed by atoms with E-state index in [9.17, 15) is 4.79 Å². The van der Waals surface area contributed by atoms with E-state index >= 15 is 0 Å². The molecule has 1 amide bonds. The van der Waals surface area contributed by atoms with Crippen molar-refractivity contribution >= 4 is 17.3 Å². The number of benzene rings is 2. The number of methoxy groups -OCH3 is 1. The maximum atomic E-state index is 12.0. The molecule has 2 rings (SSSR count). The number of hydrogen-bond acceptors (Lipinski definition) is 4. The van der Waals surface area contributed by atoms with Gasteiger partial charge in [0.1, 0.15) is 11.5 Å². The van der Waals surface area contributed by atoms with Gasteiger partial charge in [-0.2, -0.15) is 0 Å². The Morgan fingerprint density at radius 2 is 2.05 bits per heavy atom. The van der Waals surface area contributed by atoms with Gasteiger partial charge in [0, 0.05) is 5.69 Å². The third-order valence-corrected chi connectivity index (χ3v) is 3.09. The van der Waals surface area contributed by atoms with E-state index in [1.165, 1.54) is 0 Å². The van der Waals surface area contributed by atoms with Crippen LogP contribution in [0.1, 0.15) is 12.0 Å². The van der Waals surface area contributed by atoms with Crippen molar-refractivity contribution in [2.45, 2.75) is 13.3 Å². The van der Waals surface area contributed by atoms with Gasteiger partial charge < -0.3 is 20.5 Å². The number of nitrogens with two attached hydrogens (primary N) is 1. The first-order valence-electron chi connectivity index (χ1n) is 7.01. The maximum absolute atomic E-state index is 12.0. The van der Waals surface area contributed by atoms with E-state index in [-0.39, 0.29) is 12.3 Å². The Morgan fingerprint density at radius 1 is 1.23 bits per heavy atom. The van der Waals surface area contributed by atoms with E-state index in [1.54, 1.807) is 25.3 Å². The molecular weight excluding hydrogens is 280 g/mol. The molecule has 0 saturated carbocycles. The molecule has 0 aromatic heterocycles. The summed E-state index contributed by atoms with van der Waals surface area (Å²) >= 11 is 0. The second-order valence-corrected chi connectivity index (χ2v) is 4.92. The zero-order valence-electron chi connectivity index (χ0n) is 12.8. The van der Waals surface area contributed by atoms with Crippen LogP contribution in [0.15, 0.2) is 42.5 Å². The van der Waals surface area contributed by atoms with Crippen molar-refractivity contribution in [3.05, 3.63) is 48.0 Å². The fraction of sp³-hybridized carbons (Fsp3) is 0.235. The van der Waals surface area contributed by atoms with Gasteiger partial charge in [-0.1, -0.05) is 12.1 Å². The SMILES string of the molecule is COc1ccc(N)cc1NC(=O)CCOc1cccc(C)c1. The summed E-state index contributed by atoms with van der Waals surface area (Å²) < 4.78 is 10.7. The summed E-state index contributed by atoms with van der Waals surface area (Å²) in [6.07, 6.45) is 0.242. The van der Waals surface area contributed by atoms with Crippen LogP contribution in [0.5, 0.6) is 11.5 Å². The summed E-state index contributed by atoms with van der Waals surface area (Å²) in [4.78, 5) is 12.0. The average molecular weight is 300 g/mol. The third kappa shape index (κ3) is 4.41. The molecule has 3 N–H and O–H groups in total. The number of ether oxygens (including phenoxy) is 2. The van der Waals surface area contributed by atoms with Crippen LogP contribution in [0.4, 0.5) is 11.4 Å². The van der Waals surface area contributed by atoms with Crippen LogP contribution in [0, 0.1) is 6.92 Å². The minimum atomic E-state index is -0.156. The van der Waals surface area contributed by atoms with E-state index in [1.807, 2.05) is 31.2 Å². The highest BCUT2D eigenvalue weighted by molar-refractivity contribution is 5.92. The Bertz CT molecular complexity index is 656. The van der Waals surface area contributed by atoms with E-state index in [2.05, 4.69) is 5.32 Å². The van der Waals surface area contributed by atoms with E-state index in [0.717, 1.165) is 11.3 Å². The highest BCUT2D eigenvalue weighted by Gasteiger charge is 2.08. The molecule has 0 aliphatic rings. The topological polar surface area (TPSA) is 73.6 Å². The molecule has 22 heavy (non-hydrogen) atoms. The normalized spacial score (nSPS) is 10.1. The summed E-state index contributed by atoms with van der Waals surface area (Å²) in [5.41, 5.74) is 7.95. The molecule has 0 radical (unpaired) electrons. The smallest absolute Gasteiger partial charge is 0.227 e. The Balaban J connectivity index is 1.87. The lowest BCUT2D eigenvalue weighted by molar-refractivity contribution is -0.116. The fourth-order valence-electron chi connectivity index (χ4n) is 2.00. The van der Waals surface area contributed by atoms with Crippen LogP contribution in [-0.4, -0.2) is 19.6 Å². The monoisotopic (exact) mass is 300 g/mol. The molecule has 0 unspecified atom stereocenters. The molecular formula is C17H20N2O3. The van der Waals surface area contributed by atoms with E-state index in [0.29, 0.717) is 23.7 Å². The van der Waals surface area contributed by atoms with Gasteiger partial charge in [-0.05, 0) is 42.8 Å². The Hall–Kier alpha value is -2.69. The zero-order valence-corrected chi connectivity index (χ0v) is 12.8. The number of carbonyl (C=O) groups excluding carboxylic acids is 1. The zero-order chi connectivity index (χ0) is 15.9. The van der Waals surface area contributed by atoms with Crippen molar-refractivity contribution < 1.29 is 14.3 Å². The number of nitrogen functional groups attached to an aromatic ring is 1. The number of carbonyl (C=O) groups is 1. The Kier molecular flexibility index (Phi) is 5.25. The second kappa shape index (κ2) is 7.36. The molecule has 0 bridgehead atoms. The molecule has 5 heteroatoms. The molecule has 0 fully saturated rings. The van der Waals surface area contributed by atoms with Gasteiger partial charge in [-0.25, -0.2) is 0 Å². The molecule has 0 aliphatic carbocycles. The average Bonchev–Trinajstić information content (AvgIpc) is 2.47. The number of nitrogens with one attached hydrogen (secondary N) is 1. The van der Waals surface area contributed by atoms with Crippen molar-refractivity contribution in [2.75, 3.05) is 24.8 Å². The summed E-state index contributed by atoms with van der Waals surface area (Å²) in [7, 11) is 1.54. The van der Waals surface area contributed by atoms with Gasteiger partial charge in [0.25, 0.3) is 0 Å². The minimum Gasteiger partial charge on any atom is -0.495 e. The first kappa shape index (κ1) is 15.7. The van der Waals surface area contributed by atoms with Crippen LogP contribution in [0.25, 0.3) is 0 Å².